The Morgan fingerprint density at radius 1 is 1.21 bits per heavy atom. The molecule has 0 bridgehead atoms. The molecule has 0 amide bonds. The van der Waals surface area contributed by atoms with Crippen molar-refractivity contribution in [3.8, 4) is 0 Å². The molecule has 1 saturated carbocycles. The lowest BCUT2D eigenvalue weighted by atomic mass is 9.75. The summed E-state index contributed by atoms with van der Waals surface area (Å²) in [7, 11) is 0. The molecule has 0 aliphatic heterocycles. The molecule has 0 radical (unpaired) electrons. The zero-order valence-electron chi connectivity index (χ0n) is 11.4. The van der Waals surface area contributed by atoms with Crippen molar-refractivity contribution in [2.24, 2.45) is 0 Å². The van der Waals surface area contributed by atoms with Crippen LogP contribution in [0.25, 0.3) is 0 Å². The first-order valence-corrected chi connectivity index (χ1v) is 8.07. The zero-order valence-corrected chi connectivity index (χ0v) is 12.2. The molecule has 1 aliphatic carbocycles. The van der Waals surface area contributed by atoms with Crippen molar-refractivity contribution in [2.45, 2.75) is 44.2 Å². The topological polar surface area (TPSA) is 12.0 Å². The van der Waals surface area contributed by atoms with Crippen molar-refractivity contribution < 1.29 is 0 Å². The molecule has 1 aliphatic rings. The van der Waals surface area contributed by atoms with Crippen molar-refractivity contribution in [1.82, 2.24) is 5.32 Å². The standard InChI is InChI=1S/C17H21NS/c1-13(9-14-7-8-19-12-14)18-17-10-16(11-17)15-5-3-2-4-6-15/h2-8,12-13,16-18H,9-11H2,1H3. The Balaban J connectivity index is 1.44. The molecule has 1 aromatic heterocycles. The Morgan fingerprint density at radius 2 is 2.00 bits per heavy atom. The Morgan fingerprint density at radius 3 is 2.68 bits per heavy atom. The third kappa shape index (κ3) is 3.26. The van der Waals surface area contributed by atoms with Crippen LogP contribution in [0.5, 0.6) is 0 Å². The molecule has 100 valence electrons. The van der Waals surface area contributed by atoms with E-state index in [1.165, 1.54) is 24.0 Å². The number of hydrogen-bond acceptors (Lipinski definition) is 2. The van der Waals surface area contributed by atoms with Gasteiger partial charge in [0, 0.05) is 12.1 Å². The van der Waals surface area contributed by atoms with Gasteiger partial charge in [0.2, 0.25) is 0 Å². The van der Waals surface area contributed by atoms with E-state index >= 15 is 0 Å². The number of nitrogens with one attached hydrogen (secondary N) is 1. The highest BCUT2D eigenvalue weighted by molar-refractivity contribution is 7.07. The van der Waals surface area contributed by atoms with Gasteiger partial charge in [-0.15, -0.1) is 0 Å². The summed E-state index contributed by atoms with van der Waals surface area (Å²) in [5.41, 5.74) is 2.97. The van der Waals surface area contributed by atoms with Crippen molar-refractivity contribution in [3.63, 3.8) is 0 Å². The van der Waals surface area contributed by atoms with Gasteiger partial charge in [0.15, 0.2) is 0 Å². The Labute approximate surface area is 119 Å². The fraction of sp³-hybridized carbons (Fsp3) is 0.412. The smallest absolute Gasteiger partial charge is 0.00820 e. The quantitative estimate of drug-likeness (QED) is 0.858. The maximum Gasteiger partial charge on any atom is 0.00820 e. The fourth-order valence-electron chi connectivity index (χ4n) is 2.97. The van der Waals surface area contributed by atoms with E-state index in [2.05, 4.69) is 59.4 Å². The van der Waals surface area contributed by atoms with Crippen molar-refractivity contribution >= 4 is 11.3 Å². The van der Waals surface area contributed by atoms with Gasteiger partial charge in [-0.05, 0) is 60.1 Å². The SMILES string of the molecule is CC(Cc1ccsc1)NC1CC(c2ccccc2)C1. The maximum atomic E-state index is 3.76. The highest BCUT2D eigenvalue weighted by Crippen LogP contribution is 2.36. The highest BCUT2D eigenvalue weighted by atomic mass is 32.1. The summed E-state index contributed by atoms with van der Waals surface area (Å²) in [6.07, 6.45) is 3.73. The second-order valence-corrected chi connectivity index (χ2v) is 6.46. The van der Waals surface area contributed by atoms with E-state index in [0.29, 0.717) is 12.1 Å². The molecule has 1 atom stereocenters. The molecule has 3 rings (SSSR count). The van der Waals surface area contributed by atoms with Crippen LogP contribution >= 0.6 is 11.3 Å². The maximum absolute atomic E-state index is 3.76. The summed E-state index contributed by atoms with van der Waals surface area (Å²) in [6.45, 7) is 2.30. The molecule has 0 saturated heterocycles. The van der Waals surface area contributed by atoms with Crippen LogP contribution < -0.4 is 5.32 Å². The van der Waals surface area contributed by atoms with Crippen LogP contribution in [0, 0.1) is 0 Å². The molecule has 2 aromatic rings. The molecule has 1 aromatic carbocycles. The molecule has 0 spiro atoms. The van der Waals surface area contributed by atoms with Gasteiger partial charge >= 0.3 is 0 Å². The zero-order chi connectivity index (χ0) is 13.1. The van der Waals surface area contributed by atoms with Crippen molar-refractivity contribution in [3.05, 3.63) is 58.3 Å². The number of thiophene rings is 1. The van der Waals surface area contributed by atoms with E-state index in [1.807, 2.05) is 0 Å². The summed E-state index contributed by atoms with van der Waals surface area (Å²) in [6, 6.07) is 14.4. The minimum atomic E-state index is 0.580. The van der Waals surface area contributed by atoms with Crippen LogP contribution in [0.3, 0.4) is 0 Å². The summed E-state index contributed by atoms with van der Waals surface area (Å²) >= 11 is 1.79. The number of rotatable bonds is 5. The van der Waals surface area contributed by atoms with Gasteiger partial charge in [0.05, 0.1) is 0 Å². The molecule has 19 heavy (non-hydrogen) atoms. The summed E-state index contributed by atoms with van der Waals surface area (Å²) in [5, 5.41) is 8.18. The van der Waals surface area contributed by atoms with Crippen LogP contribution in [0.2, 0.25) is 0 Å². The Bertz CT molecular complexity index is 485. The summed E-state index contributed by atoms with van der Waals surface area (Å²) in [5.74, 6) is 0.770. The minimum absolute atomic E-state index is 0.580. The van der Waals surface area contributed by atoms with Gasteiger partial charge in [-0.2, -0.15) is 11.3 Å². The highest BCUT2D eigenvalue weighted by Gasteiger charge is 2.30. The van der Waals surface area contributed by atoms with Crippen molar-refractivity contribution in [2.75, 3.05) is 0 Å². The average molecular weight is 271 g/mol. The fourth-order valence-corrected chi connectivity index (χ4v) is 3.66. The van der Waals surface area contributed by atoms with E-state index < -0.39 is 0 Å². The lowest BCUT2D eigenvalue weighted by Crippen LogP contribution is -2.45. The monoisotopic (exact) mass is 271 g/mol. The molecule has 1 heterocycles. The largest absolute Gasteiger partial charge is 0.311 e. The molecule has 1 N–H and O–H groups in total. The lowest BCUT2D eigenvalue weighted by molar-refractivity contribution is 0.269. The van der Waals surface area contributed by atoms with E-state index in [9.17, 15) is 0 Å². The predicted octanol–water partition coefficient (Wildman–Crippen LogP) is 4.21. The molecule has 1 fully saturated rings. The molecule has 2 heteroatoms. The normalized spacial score (nSPS) is 23.8. The number of hydrogen-bond donors (Lipinski definition) is 1. The van der Waals surface area contributed by atoms with E-state index in [1.54, 1.807) is 11.3 Å². The second-order valence-electron chi connectivity index (χ2n) is 5.68. The van der Waals surface area contributed by atoms with Crippen LogP contribution in [-0.4, -0.2) is 12.1 Å². The van der Waals surface area contributed by atoms with Crippen LogP contribution in [-0.2, 0) is 6.42 Å². The van der Waals surface area contributed by atoms with Gasteiger partial charge in [-0.1, -0.05) is 30.3 Å². The summed E-state index contributed by atoms with van der Waals surface area (Å²) < 4.78 is 0. The lowest BCUT2D eigenvalue weighted by Gasteiger charge is -2.38. The molecular weight excluding hydrogens is 250 g/mol. The first-order chi connectivity index (χ1) is 9.31. The van der Waals surface area contributed by atoms with Crippen molar-refractivity contribution in [1.29, 1.82) is 0 Å². The van der Waals surface area contributed by atoms with E-state index in [-0.39, 0.29) is 0 Å². The van der Waals surface area contributed by atoms with E-state index in [4.69, 9.17) is 0 Å². The minimum Gasteiger partial charge on any atom is -0.311 e. The number of benzene rings is 1. The van der Waals surface area contributed by atoms with Gasteiger partial charge in [-0.3, -0.25) is 0 Å². The predicted molar refractivity (Wildman–Crippen MR) is 82.8 cm³/mol. The average Bonchev–Trinajstić information content (AvgIpc) is 2.87. The third-order valence-corrected chi connectivity index (χ3v) is 4.78. The summed E-state index contributed by atoms with van der Waals surface area (Å²) in [4.78, 5) is 0. The van der Waals surface area contributed by atoms with E-state index in [0.717, 1.165) is 12.3 Å². The van der Waals surface area contributed by atoms with Crippen LogP contribution in [0.4, 0.5) is 0 Å². The van der Waals surface area contributed by atoms with Gasteiger partial charge in [-0.25, -0.2) is 0 Å². The van der Waals surface area contributed by atoms with Crippen LogP contribution in [0.15, 0.2) is 47.2 Å². The Kier molecular flexibility index (Phi) is 4.00. The third-order valence-electron chi connectivity index (χ3n) is 4.05. The van der Waals surface area contributed by atoms with Gasteiger partial charge in [0.25, 0.3) is 0 Å². The molecule has 1 unspecified atom stereocenters. The first kappa shape index (κ1) is 12.9. The second kappa shape index (κ2) is 5.89. The van der Waals surface area contributed by atoms with Crippen LogP contribution in [0.1, 0.15) is 36.8 Å². The molecular formula is C17H21NS. The molecule has 1 nitrogen and oxygen atoms in total. The first-order valence-electron chi connectivity index (χ1n) is 7.13. The Hall–Kier alpha value is -1.12. The van der Waals surface area contributed by atoms with Gasteiger partial charge < -0.3 is 5.32 Å². The van der Waals surface area contributed by atoms with Gasteiger partial charge in [0.1, 0.15) is 0 Å².